The standard InChI is InChI=1S/C21H25N5O3/c1-14-18(11-23-24(14)2)15-9-17-19(10-15)22-4-3-20(17)25-5-7-26(8-6-25)21(27)29-16-12-28-13-16/h3-4,9,11,16H,5-8,10,12-13H2,1-2H3. The Hall–Kier alpha value is -2.87. The first-order valence-corrected chi connectivity index (χ1v) is 10.1. The molecule has 0 saturated carbocycles. The lowest BCUT2D eigenvalue weighted by molar-refractivity contribution is -0.104. The number of aryl methyl sites for hydroxylation is 1. The number of fused-ring (bicyclic) bond motifs is 1. The van der Waals surface area contributed by atoms with Crippen molar-refractivity contribution in [2.45, 2.75) is 19.4 Å². The van der Waals surface area contributed by atoms with E-state index >= 15 is 0 Å². The summed E-state index contributed by atoms with van der Waals surface area (Å²) < 4.78 is 12.4. The molecule has 8 nitrogen and oxygen atoms in total. The van der Waals surface area contributed by atoms with E-state index in [2.05, 4.69) is 34.0 Å². The minimum absolute atomic E-state index is 0.0801. The molecule has 1 aliphatic carbocycles. The lowest BCUT2D eigenvalue weighted by Crippen LogP contribution is -2.51. The Morgan fingerprint density at radius 3 is 2.69 bits per heavy atom. The van der Waals surface area contributed by atoms with Crippen LogP contribution in [-0.2, 0) is 22.9 Å². The van der Waals surface area contributed by atoms with E-state index < -0.39 is 0 Å². The quantitative estimate of drug-likeness (QED) is 0.790. The largest absolute Gasteiger partial charge is 0.441 e. The fraction of sp³-hybridized carbons (Fsp3) is 0.476. The summed E-state index contributed by atoms with van der Waals surface area (Å²) in [5.74, 6) is 0. The van der Waals surface area contributed by atoms with Crippen LogP contribution in [0.25, 0.3) is 11.6 Å². The van der Waals surface area contributed by atoms with Gasteiger partial charge in [0.15, 0.2) is 6.10 Å². The van der Waals surface area contributed by atoms with Crippen LogP contribution in [0.4, 0.5) is 10.5 Å². The van der Waals surface area contributed by atoms with Crippen LogP contribution in [0.15, 0.2) is 18.5 Å². The molecule has 2 aromatic heterocycles. The highest BCUT2D eigenvalue weighted by atomic mass is 16.6. The van der Waals surface area contributed by atoms with Crippen molar-refractivity contribution in [2.24, 2.45) is 7.05 Å². The van der Waals surface area contributed by atoms with Gasteiger partial charge in [0, 0.05) is 68.4 Å². The monoisotopic (exact) mass is 395 g/mol. The zero-order valence-electron chi connectivity index (χ0n) is 16.8. The Balaban J connectivity index is 1.31. The van der Waals surface area contributed by atoms with Crippen LogP contribution in [0.1, 0.15) is 22.5 Å². The first kappa shape index (κ1) is 18.2. The van der Waals surface area contributed by atoms with Crippen LogP contribution >= 0.6 is 0 Å². The second-order valence-corrected chi connectivity index (χ2v) is 7.82. The lowest BCUT2D eigenvalue weighted by atomic mass is 10.1. The number of hydrogen-bond acceptors (Lipinski definition) is 6. The molecule has 0 spiro atoms. The molecule has 0 N–H and O–H groups in total. The van der Waals surface area contributed by atoms with Crippen LogP contribution in [0.3, 0.4) is 0 Å². The van der Waals surface area contributed by atoms with E-state index in [1.54, 1.807) is 4.90 Å². The summed E-state index contributed by atoms with van der Waals surface area (Å²) >= 11 is 0. The third kappa shape index (κ3) is 3.27. The van der Waals surface area contributed by atoms with Crippen molar-refractivity contribution in [2.75, 3.05) is 44.3 Å². The Morgan fingerprint density at radius 2 is 2.03 bits per heavy atom. The van der Waals surface area contributed by atoms with Gasteiger partial charge >= 0.3 is 6.09 Å². The summed E-state index contributed by atoms with van der Waals surface area (Å²) in [6.07, 6.45) is 6.59. The zero-order chi connectivity index (χ0) is 20.0. The highest BCUT2D eigenvalue weighted by Gasteiger charge is 2.29. The van der Waals surface area contributed by atoms with Crippen LogP contribution in [0, 0.1) is 6.92 Å². The Kier molecular flexibility index (Phi) is 4.50. The molecule has 2 fully saturated rings. The molecular formula is C21H25N5O3. The summed E-state index contributed by atoms with van der Waals surface area (Å²) in [4.78, 5) is 21.0. The molecule has 2 aromatic rings. The Morgan fingerprint density at radius 1 is 1.24 bits per heavy atom. The van der Waals surface area contributed by atoms with Crippen LogP contribution in [-0.4, -0.2) is 71.3 Å². The molecule has 0 radical (unpaired) electrons. The molecule has 0 aromatic carbocycles. The molecule has 2 saturated heterocycles. The SMILES string of the molecule is Cc1c(C2=Cc3c(N4CCN(C(=O)OC5COC5)CC4)ccnc3C2)cnn1C. The van der Waals surface area contributed by atoms with Gasteiger partial charge in [-0.25, -0.2) is 4.79 Å². The molecule has 29 heavy (non-hydrogen) atoms. The molecule has 1 amide bonds. The number of hydrogen-bond donors (Lipinski definition) is 0. The molecule has 0 unspecified atom stereocenters. The number of nitrogens with zero attached hydrogens (tertiary/aromatic N) is 5. The predicted octanol–water partition coefficient (Wildman–Crippen LogP) is 1.88. The van der Waals surface area contributed by atoms with Crippen molar-refractivity contribution < 1.29 is 14.3 Å². The van der Waals surface area contributed by atoms with Crippen LogP contribution in [0.5, 0.6) is 0 Å². The van der Waals surface area contributed by atoms with E-state index in [1.165, 1.54) is 22.4 Å². The average molecular weight is 395 g/mol. The fourth-order valence-corrected chi connectivity index (χ4v) is 4.10. The highest BCUT2D eigenvalue weighted by Crippen LogP contribution is 2.37. The molecule has 3 aliphatic rings. The number of carbonyl (C=O) groups excluding carboxylic acids is 1. The second kappa shape index (κ2) is 7.18. The minimum Gasteiger partial charge on any atom is -0.441 e. The van der Waals surface area contributed by atoms with Gasteiger partial charge in [0.25, 0.3) is 0 Å². The van der Waals surface area contributed by atoms with E-state index in [-0.39, 0.29) is 12.2 Å². The minimum atomic E-state index is -0.229. The molecular weight excluding hydrogens is 370 g/mol. The molecule has 5 rings (SSSR count). The van der Waals surface area contributed by atoms with E-state index in [4.69, 9.17) is 9.47 Å². The van der Waals surface area contributed by atoms with Gasteiger partial charge in [0.1, 0.15) is 0 Å². The number of anilines is 1. The van der Waals surface area contributed by atoms with E-state index in [9.17, 15) is 4.79 Å². The second-order valence-electron chi connectivity index (χ2n) is 7.82. The molecule has 152 valence electrons. The summed E-state index contributed by atoms with van der Waals surface area (Å²) in [7, 11) is 1.97. The maximum Gasteiger partial charge on any atom is 0.410 e. The summed E-state index contributed by atoms with van der Waals surface area (Å²) in [6, 6.07) is 2.08. The van der Waals surface area contributed by atoms with Gasteiger partial charge in [-0.3, -0.25) is 9.67 Å². The summed E-state index contributed by atoms with van der Waals surface area (Å²) in [6.45, 7) is 5.99. The lowest BCUT2D eigenvalue weighted by Gasteiger charge is -2.37. The van der Waals surface area contributed by atoms with Gasteiger partial charge < -0.3 is 19.3 Å². The Labute approximate surface area is 169 Å². The third-order valence-electron chi connectivity index (χ3n) is 6.06. The van der Waals surface area contributed by atoms with Crippen LogP contribution in [0.2, 0.25) is 0 Å². The topological polar surface area (TPSA) is 72.7 Å². The van der Waals surface area contributed by atoms with Gasteiger partial charge in [0.2, 0.25) is 0 Å². The third-order valence-corrected chi connectivity index (χ3v) is 6.06. The first-order valence-electron chi connectivity index (χ1n) is 10.1. The number of pyridine rings is 1. The maximum absolute atomic E-state index is 12.3. The van der Waals surface area contributed by atoms with Crippen LogP contribution < -0.4 is 4.90 Å². The molecule has 2 aliphatic heterocycles. The van der Waals surface area contributed by atoms with Crippen molar-refractivity contribution >= 4 is 23.4 Å². The van der Waals surface area contributed by atoms with Crippen molar-refractivity contribution in [1.29, 1.82) is 0 Å². The van der Waals surface area contributed by atoms with Crippen molar-refractivity contribution in [1.82, 2.24) is 19.7 Å². The van der Waals surface area contributed by atoms with E-state index in [1.807, 2.05) is 24.1 Å². The molecule has 0 bridgehead atoms. The molecule has 4 heterocycles. The van der Waals surface area contributed by atoms with Crippen molar-refractivity contribution in [3.63, 3.8) is 0 Å². The normalized spacial score (nSPS) is 19.0. The van der Waals surface area contributed by atoms with Crippen molar-refractivity contribution in [3.05, 3.63) is 41.0 Å². The Bertz CT molecular complexity index is 971. The predicted molar refractivity (Wildman–Crippen MR) is 109 cm³/mol. The number of piperazine rings is 1. The van der Waals surface area contributed by atoms with E-state index in [0.29, 0.717) is 26.3 Å². The van der Waals surface area contributed by atoms with Gasteiger partial charge in [-0.1, -0.05) is 0 Å². The zero-order valence-corrected chi connectivity index (χ0v) is 16.8. The fourth-order valence-electron chi connectivity index (χ4n) is 4.10. The van der Waals surface area contributed by atoms with Gasteiger partial charge in [0.05, 0.1) is 25.1 Å². The number of rotatable bonds is 3. The molecule has 0 atom stereocenters. The number of carbonyl (C=O) groups is 1. The smallest absolute Gasteiger partial charge is 0.410 e. The van der Waals surface area contributed by atoms with Crippen molar-refractivity contribution in [3.8, 4) is 0 Å². The average Bonchev–Trinajstić information content (AvgIpc) is 3.28. The summed E-state index contributed by atoms with van der Waals surface area (Å²) in [5.41, 5.74) is 7.09. The highest BCUT2D eigenvalue weighted by molar-refractivity contribution is 5.92. The van der Waals surface area contributed by atoms with Gasteiger partial charge in [-0.05, 0) is 24.6 Å². The maximum atomic E-state index is 12.3. The number of amides is 1. The number of allylic oxidation sites excluding steroid dienone is 1. The first-order chi connectivity index (χ1) is 14.1. The summed E-state index contributed by atoms with van der Waals surface area (Å²) in [5, 5.41) is 4.38. The van der Waals surface area contributed by atoms with Gasteiger partial charge in [-0.15, -0.1) is 0 Å². The van der Waals surface area contributed by atoms with Gasteiger partial charge in [-0.2, -0.15) is 5.10 Å². The number of ether oxygens (including phenoxy) is 2. The van der Waals surface area contributed by atoms with E-state index in [0.717, 1.165) is 30.9 Å². The number of aromatic nitrogens is 3. The molecule has 8 heteroatoms.